The Balaban J connectivity index is 2.46. The fraction of sp³-hybridized carbons (Fsp3) is 0. The average molecular weight is 273 g/mol. The minimum Gasteiger partial charge on any atom is -0.506 e. The molecule has 1 aromatic rings. The first-order valence-corrected chi connectivity index (χ1v) is 5.25. The van der Waals surface area contributed by atoms with Gasteiger partial charge in [-0.2, -0.15) is 0 Å². The van der Waals surface area contributed by atoms with Crippen LogP contribution in [0, 0.1) is 0 Å². The molecular weight excluding hydrogens is 267 g/mol. The quantitative estimate of drug-likeness (QED) is 0.540. The number of hydrogen-bond donors (Lipinski definition) is 3. The van der Waals surface area contributed by atoms with Gasteiger partial charge < -0.3 is 10.4 Å². The largest absolute Gasteiger partial charge is 0.506 e. The summed E-state index contributed by atoms with van der Waals surface area (Å²) in [6, 6.07) is 2.18. The van der Waals surface area contributed by atoms with E-state index >= 15 is 0 Å². The number of carbonyl (C=O) groups is 2. The van der Waals surface area contributed by atoms with Gasteiger partial charge in [0.2, 0.25) is 0 Å². The number of aromatic hydroxyl groups is 1. The molecular formula is C10H6Cl2N2O3. The smallest absolute Gasteiger partial charge is 0.326 e. The van der Waals surface area contributed by atoms with E-state index in [1.807, 2.05) is 5.32 Å². The highest BCUT2D eigenvalue weighted by Crippen LogP contribution is 2.32. The third kappa shape index (κ3) is 2.35. The van der Waals surface area contributed by atoms with Gasteiger partial charge in [-0.05, 0) is 18.2 Å². The number of rotatable bonds is 1. The van der Waals surface area contributed by atoms with Crippen molar-refractivity contribution in [2.24, 2.45) is 0 Å². The van der Waals surface area contributed by atoms with Gasteiger partial charge in [-0.3, -0.25) is 10.1 Å². The highest BCUT2D eigenvalue weighted by Gasteiger charge is 2.23. The minimum absolute atomic E-state index is 0.0173. The Labute approximate surface area is 106 Å². The number of carbonyl (C=O) groups excluding carboxylic acids is 2. The number of hydrogen-bond acceptors (Lipinski definition) is 3. The van der Waals surface area contributed by atoms with E-state index in [4.69, 9.17) is 23.2 Å². The van der Waals surface area contributed by atoms with Gasteiger partial charge in [0.1, 0.15) is 11.4 Å². The lowest BCUT2D eigenvalue weighted by atomic mass is 10.1. The number of halogens is 2. The van der Waals surface area contributed by atoms with Gasteiger partial charge in [0.15, 0.2) is 0 Å². The van der Waals surface area contributed by atoms with Gasteiger partial charge in [0, 0.05) is 10.6 Å². The van der Waals surface area contributed by atoms with E-state index in [1.165, 1.54) is 18.2 Å². The molecule has 1 heterocycles. The van der Waals surface area contributed by atoms with Crippen molar-refractivity contribution in [1.29, 1.82) is 0 Å². The van der Waals surface area contributed by atoms with Crippen molar-refractivity contribution in [3.63, 3.8) is 0 Å². The SMILES string of the molecule is O=C1NC(=O)/C(=C\c2cc(Cl)cc(Cl)c2O)N1. The Morgan fingerprint density at radius 1 is 1.18 bits per heavy atom. The summed E-state index contributed by atoms with van der Waals surface area (Å²) >= 11 is 11.5. The van der Waals surface area contributed by atoms with Crippen molar-refractivity contribution in [3.05, 3.63) is 33.4 Å². The van der Waals surface area contributed by atoms with Gasteiger partial charge in [0.05, 0.1) is 5.02 Å². The third-order valence-electron chi connectivity index (χ3n) is 2.08. The van der Waals surface area contributed by atoms with Crippen LogP contribution in [0.1, 0.15) is 5.56 Å². The van der Waals surface area contributed by atoms with Gasteiger partial charge in [0.25, 0.3) is 5.91 Å². The lowest BCUT2D eigenvalue weighted by Gasteiger charge is -2.03. The van der Waals surface area contributed by atoms with E-state index in [0.29, 0.717) is 5.02 Å². The van der Waals surface area contributed by atoms with E-state index in [-0.39, 0.29) is 22.0 Å². The van der Waals surface area contributed by atoms with Gasteiger partial charge in [-0.25, -0.2) is 4.79 Å². The minimum atomic E-state index is -0.617. The number of phenolic OH excluding ortho intramolecular Hbond substituents is 1. The zero-order valence-corrected chi connectivity index (χ0v) is 9.76. The Morgan fingerprint density at radius 2 is 1.88 bits per heavy atom. The monoisotopic (exact) mass is 272 g/mol. The molecule has 88 valence electrons. The molecule has 1 aliphatic heterocycles. The molecule has 0 bridgehead atoms. The van der Waals surface area contributed by atoms with E-state index in [1.54, 1.807) is 0 Å². The molecule has 0 saturated carbocycles. The molecule has 2 rings (SSSR count). The second-order valence-electron chi connectivity index (χ2n) is 3.29. The molecule has 0 spiro atoms. The Morgan fingerprint density at radius 3 is 2.47 bits per heavy atom. The topological polar surface area (TPSA) is 78.4 Å². The zero-order valence-electron chi connectivity index (χ0n) is 8.25. The fourth-order valence-electron chi connectivity index (χ4n) is 1.33. The predicted octanol–water partition coefficient (Wildman–Crippen LogP) is 1.88. The van der Waals surface area contributed by atoms with Crippen molar-refractivity contribution in [1.82, 2.24) is 10.6 Å². The van der Waals surface area contributed by atoms with Crippen molar-refractivity contribution in [3.8, 4) is 5.75 Å². The van der Waals surface area contributed by atoms with E-state index in [2.05, 4.69) is 5.32 Å². The van der Waals surface area contributed by atoms with Crippen molar-refractivity contribution >= 4 is 41.2 Å². The van der Waals surface area contributed by atoms with Crippen molar-refractivity contribution in [2.45, 2.75) is 0 Å². The molecule has 0 unspecified atom stereocenters. The molecule has 0 aromatic heterocycles. The predicted molar refractivity (Wildman–Crippen MR) is 62.8 cm³/mol. The van der Waals surface area contributed by atoms with Crippen LogP contribution in [0.15, 0.2) is 17.8 Å². The molecule has 0 atom stereocenters. The Bertz CT molecular complexity index is 555. The number of amides is 3. The van der Waals surface area contributed by atoms with E-state index in [0.717, 1.165) is 0 Å². The Kier molecular flexibility index (Phi) is 2.95. The molecule has 3 N–H and O–H groups in total. The van der Waals surface area contributed by atoms with Crippen LogP contribution < -0.4 is 10.6 Å². The highest BCUT2D eigenvalue weighted by atomic mass is 35.5. The van der Waals surface area contributed by atoms with Crippen LogP contribution in [0.4, 0.5) is 4.79 Å². The Hall–Kier alpha value is -1.72. The normalized spacial score (nSPS) is 17.2. The van der Waals surface area contributed by atoms with E-state index < -0.39 is 11.9 Å². The summed E-state index contributed by atoms with van der Waals surface area (Å²) in [6.45, 7) is 0. The molecule has 0 radical (unpaired) electrons. The lowest BCUT2D eigenvalue weighted by molar-refractivity contribution is -0.115. The number of benzene rings is 1. The molecule has 1 aromatic carbocycles. The fourth-order valence-corrected chi connectivity index (χ4v) is 1.84. The van der Waals surface area contributed by atoms with Gasteiger partial charge >= 0.3 is 6.03 Å². The second-order valence-corrected chi connectivity index (χ2v) is 4.14. The van der Waals surface area contributed by atoms with Crippen LogP contribution in [0.3, 0.4) is 0 Å². The first-order valence-electron chi connectivity index (χ1n) is 4.49. The van der Waals surface area contributed by atoms with Crippen LogP contribution >= 0.6 is 23.2 Å². The first kappa shape index (κ1) is 11.8. The van der Waals surface area contributed by atoms with Crippen molar-refractivity contribution in [2.75, 3.05) is 0 Å². The molecule has 1 fully saturated rings. The maximum Gasteiger partial charge on any atom is 0.326 e. The molecule has 7 heteroatoms. The van der Waals surface area contributed by atoms with Gasteiger partial charge in [-0.1, -0.05) is 23.2 Å². The summed E-state index contributed by atoms with van der Waals surface area (Å²) < 4.78 is 0. The summed E-state index contributed by atoms with van der Waals surface area (Å²) in [4.78, 5) is 22.1. The summed E-state index contributed by atoms with van der Waals surface area (Å²) in [6.07, 6.45) is 1.29. The van der Waals surface area contributed by atoms with Crippen LogP contribution in [-0.2, 0) is 4.79 Å². The van der Waals surface area contributed by atoms with Crippen LogP contribution in [0.5, 0.6) is 5.75 Å². The summed E-state index contributed by atoms with van der Waals surface area (Å²) in [5, 5.41) is 14.3. The van der Waals surface area contributed by atoms with Crippen molar-refractivity contribution < 1.29 is 14.7 Å². The average Bonchev–Trinajstić information content (AvgIpc) is 2.53. The molecule has 3 amide bonds. The van der Waals surface area contributed by atoms with Crippen LogP contribution in [-0.4, -0.2) is 17.0 Å². The molecule has 0 aliphatic carbocycles. The molecule has 17 heavy (non-hydrogen) atoms. The number of nitrogens with one attached hydrogen (secondary N) is 2. The number of imide groups is 1. The van der Waals surface area contributed by atoms with Crippen LogP contribution in [0.25, 0.3) is 6.08 Å². The maximum atomic E-state index is 11.3. The van der Waals surface area contributed by atoms with Crippen LogP contribution in [0.2, 0.25) is 10.0 Å². The summed E-state index contributed by atoms with van der Waals surface area (Å²) in [5.74, 6) is -0.789. The first-order chi connectivity index (χ1) is 7.97. The molecule has 5 nitrogen and oxygen atoms in total. The summed E-state index contributed by atoms with van der Waals surface area (Å²) in [7, 11) is 0. The van der Waals surface area contributed by atoms with Gasteiger partial charge in [-0.15, -0.1) is 0 Å². The number of phenols is 1. The molecule has 1 aliphatic rings. The third-order valence-corrected chi connectivity index (χ3v) is 2.58. The standard InChI is InChI=1S/C10H6Cl2N2O3/c11-5-1-4(8(15)6(12)3-5)2-7-9(16)14-10(17)13-7/h1-3,15H,(H2,13,14,16,17)/b7-2+. The lowest BCUT2D eigenvalue weighted by Crippen LogP contribution is -2.22. The number of urea groups is 1. The maximum absolute atomic E-state index is 11.3. The highest BCUT2D eigenvalue weighted by molar-refractivity contribution is 6.36. The summed E-state index contributed by atoms with van der Waals surface area (Å²) in [5.41, 5.74) is 0.262. The van der Waals surface area contributed by atoms with E-state index in [9.17, 15) is 14.7 Å². The zero-order chi connectivity index (χ0) is 12.6. The second kappa shape index (κ2) is 4.27. The molecule has 1 saturated heterocycles.